The standard InChI is InChI=1S/C22H19NO4/c24-20-18-17(21(25)26)16-11-12-22(18,27-16)13-23(20)19(14-7-3-1-4-8-14)15-9-5-2-6-10-15/h1-12,16-19H,13H2,(H,25,26)/t16-,17+,18-,22-/m1/s1. The van der Waals surface area contributed by atoms with Gasteiger partial charge >= 0.3 is 5.97 Å². The Balaban J connectivity index is 1.59. The van der Waals surface area contributed by atoms with Gasteiger partial charge < -0.3 is 14.7 Å². The topological polar surface area (TPSA) is 66.8 Å². The Morgan fingerprint density at radius 3 is 2.22 bits per heavy atom. The SMILES string of the molecule is O=C(O)[C@H]1[C@H]2C=C[C@]3(CN(C(c4ccccc4)c4ccccc4)C(=O)[C@@H]13)O2. The van der Waals surface area contributed by atoms with Crippen molar-refractivity contribution < 1.29 is 19.4 Å². The van der Waals surface area contributed by atoms with Crippen molar-refractivity contribution >= 4 is 11.9 Å². The van der Waals surface area contributed by atoms with Crippen LogP contribution in [0.4, 0.5) is 0 Å². The summed E-state index contributed by atoms with van der Waals surface area (Å²) < 4.78 is 6.03. The fraction of sp³-hybridized carbons (Fsp3) is 0.273. The average Bonchev–Trinajstić information content (AvgIpc) is 3.32. The second-order valence-corrected chi connectivity index (χ2v) is 7.43. The largest absolute Gasteiger partial charge is 0.481 e. The number of hydrogen-bond donors (Lipinski definition) is 1. The molecule has 3 heterocycles. The number of carbonyl (C=O) groups excluding carboxylic acids is 1. The van der Waals surface area contributed by atoms with Crippen LogP contribution < -0.4 is 0 Å². The first kappa shape index (κ1) is 16.3. The zero-order chi connectivity index (χ0) is 18.6. The maximum Gasteiger partial charge on any atom is 0.310 e. The van der Waals surface area contributed by atoms with Gasteiger partial charge in [0.15, 0.2) is 0 Å². The van der Waals surface area contributed by atoms with Crippen molar-refractivity contribution in [1.82, 2.24) is 4.90 Å². The fourth-order valence-electron chi connectivity index (χ4n) is 4.85. The number of fused-ring (bicyclic) bond motifs is 1. The molecule has 5 rings (SSSR count). The molecule has 0 unspecified atom stereocenters. The third kappa shape index (κ3) is 2.28. The Morgan fingerprint density at radius 2 is 1.67 bits per heavy atom. The molecule has 136 valence electrons. The fourth-order valence-corrected chi connectivity index (χ4v) is 4.85. The van der Waals surface area contributed by atoms with Crippen LogP contribution in [0.5, 0.6) is 0 Å². The molecule has 2 fully saturated rings. The zero-order valence-corrected chi connectivity index (χ0v) is 14.6. The minimum atomic E-state index is -0.970. The molecule has 2 saturated heterocycles. The highest BCUT2D eigenvalue weighted by Gasteiger charge is 2.67. The van der Waals surface area contributed by atoms with E-state index in [0.717, 1.165) is 11.1 Å². The quantitative estimate of drug-likeness (QED) is 0.850. The van der Waals surface area contributed by atoms with Gasteiger partial charge in [-0.15, -0.1) is 0 Å². The summed E-state index contributed by atoms with van der Waals surface area (Å²) in [6, 6.07) is 19.4. The van der Waals surface area contributed by atoms with Crippen LogP contribution in [0.25, 0.3) is 0 Å². The van der Waals surface area contributed by atoms with Crippen molar-refractivity contribution in [2.75, 3.05) is 6.54 Å². The maximum absolute atomic E-state index is 13.4. The lowest BCUT2D eigenvalue weighted by atomic mass is 9.77. The Hall–Kier alpha value is -2.92. The Labute approximate surface area is 156 Å². The van der Waals surface area contributed by atoms with Gasteiger partial charge in [0, 0.05) is 0 Å². The van der Waals surface area contributed by atoms with Crippen LogP contribution in [0.3, 0.4) is 0 Å². The van der Waals surface area contributed by atoms with Crippen LogP contribution in [0.1, 0.15) is 17.2 Å². The predicted octanol–water partition coefficient (Wildman–Crippen LogP) is 2.64. The molecule has 5 heteroatoms. The lowest BCUT2D eigenvalue weighted by molar-refractivity contribution is -0.148. The molecular weight excluding hydrogens is 342 g/mol. The van der Waals surface area contributed by atoms with Gasteiger partial charge in [-0.3, -0.25) is 9.59 Å². The number of nitrogens with zero attached hydrogens (tertiary/aromatic N) is 1. The molecule has 1 spiro atoms. The minimum Gasteiger partial charge on any atom is -0.481 e. The second-order valence-electron chi connectivity index (χ2n) is 7.43. The molecule has 1 N–H and O–H groups in total. The summed E-state index contributed by atoms with van der Waals surface area (Å²) in [6.07, 6.45) is 3.18. The van der Waals surface area contributed by atoms with E-state index in [1.807, 2.05) is 66.7 Å². The van der Waals surface area contributed by atoms with E-state index in [4.69, 9.17) is 4.74 Å². The van der Waals surface area contributed by atoms with Crippen LogP contribution in [-0.4, -0.2) is 40.1 Å². The van der Waals surface area contributed by atoms with E-state index in [-0.39, 0.29) is 11.9 Å². The number of likely N-dealkylation sites (tertiary alicyclic amines) is 1. The minimum absolute atomic E-state index is 0.146. The molecule has 27 heavy (non-hydrogen) atoms. The highest BCUT2D eigenvalue weighted by Crippen LogP contribution is 2.53. The van der Waals surface area contributed by atoms with E-state index in [1.54, 1.807) is 11.0 Å². The Kier molecular flexibility index (Phi) is 3.49. The summed E-state index contributed by atoms with van der Waals surface area (Å²) in [5.74, 6) is -2.60. The van der Waals surface area contributed by atoms with Gasteiger partial charge in [0.05, 0.1) is 24.6 Å². The normalized spacial score (nSPS) is 30.9. The molecule has 0 aromatic heterocycles. The van der Waals surface area contributed by atoms with E-state index in [1.165, 1.54) is 0 Å². The van der Waals surface area contributed by atoms with Gasteiger partial charge in [-0.2, -0.15) is 0 Å². The molecule has 3 aliphatic rings. The van der Waals surface area contributed by atoms with Gasteiger partial charge in [-0.05, 0) is 11.1 Å². The molecule has 2 aromatic rings. The van der Waals surface area contributed by atoms with Crippen molar-refractivity contribution in [2.45, 2.75) is 17.7 Å². The van der Waals surface area contributed by atoms with E-state index < -0.39 is 29.5 Å². The van der Waals surface area contributed by atoms with Gasteiger partial charge in [0.25, 0.3) is 0 Å². The van der Waals surface area contributed by atoms with Gasteiger partial charge in [-0.25, -0.2) is 0 Å². The first-order valence-corrected chi connectivity index (χ1v) is 9.11. The summed E-state index contributed by atoms with van der Waals surface area (Å²) >= 11 is 0. The molecule has 3 aliphatic heterocycles. The third-order valence-electron chi connectivity index (χ3n) is 5.96. The lowest BCUT2D eigenvalue weighted by Crippen LogP contribution is -2.39. The second kappa shape index (κ2) is 5.79. The summed E-state index contributed by atoms with van der Waals surface area (Å²) in [5, 5.41) is 9.67. The first-order valence-electron chi connectivity index (χ1n) is 9.11. The molecule has 5 nitrogen and oxygen atoms in total. The zero-order valence-electron chi connectivity index (χ0n) is 14.6. The molecule has 0 radical (unpaired) electrons. The average molecular weight is 361 g/mol. The van der Waals surface area contributed by atoms with Crippen molar-refractivity contribution in [3.8, 4) is 0 Å². The lowest BCUT2D eigenvalue weighted by Gasteiger charge is -2.31. The van der Waals surface area contributed by atoms with Crippen LogP contribution in [0.2, 0.25) is 0 Å². The monoisotopic (exact) mass is 361 g/mol. The number of aliphatic carboxylic acids is 1. The van der Waals surface area contributed by atoms with E-state index in [0.29, 0.717) is 6.54 Å². The summed E-state index contributed by atoms with van der Waals surface area (Å²) in [6.45, 7) is 0.363. The number of carboxylic acids is 1. The molecular formula is C22H19NO4. The summed E-state index contributed by atoms with van der Waals surface area (Å²) in [4.78, 5) is 27.0. The number of rotatable bonds is 4. The van der Waals surface area contributed by atoms with E-state index in [9.17, 15) is 14.7 Å². The molecule has 0 aliphatic carbocycles. The van der Waals surface area contributed by atoms with Crippen molar-refractivity contribution in [1.29, 1.82) is 0 Å². The summed E-state index contributed by atoms with van der Waals surface area (Å²) in [7, 11) is 0. The maximum atomic E-state index is 13.4. The van der Waals surface area contributed by atoms with Gasteiger partial charge in [-0.1, -0.05) is 72.8 Å². The molecule has 1 amide bonds. The molecule has 2 bridgehead atoms. The van der Waals surface area contributed by atoms with Crippen LogP contribution in [0.15, 0.2) is 72.8 Å². The van der Waals surface area contributed by atoms with Gasteiger partial charge in [0.1, 0.15) is 11.5 Å². The number of carboxylic acid groups (broad SMARTS) is 1. The van der Waals surface area contributed by atoms with Crippen molar-refractivity contribution in [3.05, 3.63) is 83.9 Å². The van der Waals surface area contributed by atoms with Crippen LogP contribution in [0, 0.1) is 11.8 Å². The van der Waals surface area contributed by atoms with Crippen molar-refractivity contribution in [2.24, 2.45) is 11.8 Å². The highest BCUT2D eigenvalue weighted by molar-refractivity contribution is 5.91. The van der Waals surface area contributed by atoms with Crippen LogP contribution in [-0.2, 0) is 14.3 Å². The van der Waals surface area contributed by atoms with Crippen LogP contribution >= 0.6 is 0 Å². The van der Waals surface area contributed by atoms with E-state index >= 15 is 0 Å². The van der Waals surface area contributed by atoms with E-state index in [2.05, 4.69) is 0 Å². The first-order chi connectivity index (χ1) is 13.1. The number of ether oxygens (including phenoxy) is 1. The number of carbonyl (C=O) groups is 2. The molecule has 4 atom stereocenters. The summed E-state index contributed by atoms with van der Waals surface area (Å²) in [5.41, 5.74) is 1.17. The van der Waals surface area contributed by atoms with Gasteiger partial charge in [0.2, 0.25) is 5.91 Å². The smallest absolute Gasteiger partial charge is 0.310 e. The third-order valence-corrected chi connectivity index (χ3v) is 5.96. The molecule has 0 saturated carbocycles. The highest BCUT2D eigenvalue weighted by atomic mass is 16.5. The number of amides is 1. The number of benzene rings is 2. The number of hydrogen-bond acceptors (Lipinski definition) is 3. The molecule has 2 aromatic carbocycles. The predicted molar refractivity (Wildman–Crippen MR) is 97.8 cm³/mol. The Bertz CT molecular complexity index is 886. The van der Waals surface area contributed by atoms with Crippen molar-refractivity contribution in [3.63, 3.8) is 0 Å². The Morgan fingerprint density at radius 1 is 1.07 bits per heavy atom.